The largest absolute Gasteiger partial charge is 0.489 e. The fraction of sp³-hybridized carbons (Fsp3) is 0.273. The average Bonchev–Trinajstić information content (AvgIpc) is 2.95. The lowest BCUT2D eigenvalue weighted by Gasteiger charge is -2.21. The number of ether oxygens (including phenoxy) is 2. The lowest BCUT2D eigenvalue weighted by Crippen LogP contribution is -2.24. The molecule has 1 unspecified atom stereocenters. The highest BCUT2D eigenvalue weighted by Crippen LogP contribution is 2.28. The Morgan fingerprint density at radius 1 is 0.730 bits per heavy atom. The van der Waals surface area contributed by atoms with Gasteiger partial charge in [-0.15, -0.1) is 0 Å². The van der Waals surface area contributed by atoms with Crippen LogP contribution in [0.2, 0.25) is 0 Å². The summed E-state index contributed by atoms with van der Waals surface area (Å²) in [4.78, 5) is 0. The number of nitrogens with two attached hydrogens (primary N) is 1. The fourth-order valence-electron chi connectivity index (χ4n) is 4.33. The lowest BCUT2D eigenvalue weighted by atomic mass is 10.00. The van der Waals surface area contributed by atoms with Crippen molar-refractivity contribution in [1.29, 1.82) is 0 Å². The molecule has 0 bridgehead atoms. The van der Waals surface area contributed by atoms with Gasteiger partial charge in [-0.2, -0.15) is 0 Å². The molecule has 0 saturated heterocycles. The normalized spacial score (nSPS) is 11.7. The summed E-state index contributed by atoms with van der Waals surface area (Å²) in [6.07, 6.45) is 4.36. The van der Waals surface area contributed by atoms with Gasteiger partial charge in [0.25, 0.3) is 0 Å². The first-order chi connectivity index (χ1) is 18.2. The van der Waals surface area contributed by atoms with Crippen molar-refractivity contribution in [3.63, 3.8) is 0 Å². The summed E-state index contributed by atoms with van der Waals surface area (Å²) in [5.74, 6) is 1.63. The van der Waals surface area contributed by atoms with Crippen molar-refractivity contribution >= 4 is 5.69 Å². The lowest BCUT2D eigenvalue weighted by molar-refractivity contribution is 0.306. The van der Waals surface area contributed by atoms with Gasteiger partial charge in [0.2, 0.25) is 0 Å². The summed E-state index contributed by atoms with van der Waals surface area (Å²) in [6.45, 7) is 4.22. The van der Waals surface area contributed by atoms with Crippen LogP contribution in [0.4, 0.5) is 5.69 Å². The predicted molar refractivity (Wildman–Crippen MR) is 153 cm³/mol. The molecule has 192 valence electrons. The summed E-state index contributed by atoms with van der Waals surface area (Å²) in [6, 6.07) is 35.3. The van der Waals surface area contributed by atoms with E-state index in [4.69, 9.17) is 15.2 Å². The van der Waals surface area contributed by atoms with E-state index in [0.29, 0.717) is 18.9 Å². The number of anilines is 1. The Morgan fingerprint density at radius 2 is 1.38 bits per heavy atom. The van der Waals surface area contributed by atoms with Gasteiger partial charge in [0, 0.05) is 6.04 Å². The number of benzene rings is 4. The molecule has 1 atom stereocenters. The molecule has 0 aliphatic rings. The second-order valence-corrected chi connectivity index (χ2v) is 9.39. The van der Waals surface area contributed by atoms with Gasteiger partial charge in [-0.25, -0.2) is 0 Å². The van der Waals surface area contributed by atoms with Crippen LogP contribution in [-0.4, -0.2) is 6.54 Å². The van der Waals surface area contributed by atoms with Crippen LogP contribution < -0.4 is 20.5 Å². The number of unbranched alkanes of at least 4 members (excludes halogenated alkanes) is 1. The molecule has 4 nitrogen and oxygen atoms in total. The average molecular weight is 495 g/mol. The first-order valence-electron chi connectivity index (χ1n) is 13.3. The Kier molecular flexibility index (Phi) is 10.0. The third-order valence-electron chi connectivity index (χ3n) is 6.50. The molecule has 3 N–H and O–H groups in total. The SMILES string of the molecule is CCCCC(NCCc1ccc(OCc2ccccc2)cc1)c1ccc(OCc2ccccc2)c(N)c1. The molecule has 0 fully saturated rings. The minimum Gasteiger partial charge on any atom is -0.489 e. The molecule has 0 amide bonds. The van der Waals surface area contributed by atoms with E-state index < -0.39 is 0 Å². The van der Waals surface area contributed by atoms with Crippen LogP contribution in [0, 0.1) is 0 Å². The van der Waals surface area contributed by atoms with Gasteiger partial charge in [-0.05, 0) is 65.9 Å². The van der Waals surface area contributed by atoms with Crippen LogP contribution in [0.15, 0.2) is 103 Å². The molecular weight excluding hydrogens is 456 g/mol. The maximum Gasteiger partial charge on any atom is 0.142 e. The second kappa shape index (κ2) is 14.1. The minimum absolute atomic E-state index is 0.263. The van der Waals surface area contributed by atoms with Crippen molar-refractivity contribution in [3.05, 3.63) is 125 Å². The van der Waals surface area contributed by atoms with E-state index in [-0.39, 0.29) is 6.04 Å². The van der Waals surface area contributed by atoms with E-state index >= 15 is 0 Å². The van der Waals surface area contributed by atoms with Gasteiger partial charge in [0.05, 0.1) is 5.69 Å². The number of nitrogens with one attached hydrogen (secondary N) is 1. The highest BCUT2D eigenvalue weighted by molar-refractivity contribution is 5.55. The molecule has 0 aliphatic carbocycles. The van der Waals surface area contributed by atoms with E-state index in [2.05, 4.69) is 72.9 Å². The Labute approximate surface area is 221 Å². The summed E-state index contributed by atoms with van der Waals surface area (Å²) in [5.41, 5.74) is 11.9. The fourth-order valence-corrected chi connectivity index (χ4v) is 4.33. The summed E-state index contributed by atoms with van der Waals surface area (Å²) in [7, 11) is 0. The quantitative estimate of drug-likeness (QED) is 0.178. The van der Waals surface area contributed by atoms with Crippen molar-refractivity contribution in [2.75, 3.05) is 12.3 Å². The van der Waals surface area contributed by atoms with Crippen LogP contribution in [0.5, 0.6) is 11.5 Å². The van der Waals surface area contributed by atoms with Gasteiger partial charge >= 0.3 is 0 Å². The topological polar surface area (TPSA) is 56.5 Å². The second-order valence-electron chi connectivity index (χ2n) is 9.39. The van der Waals surface area contributed by atoms with Crippen molar-refractivity contribution in [2.24, 2.45) is 0 Å². The van der Waals surface area contributed by atoms with Gasteiger partial charge in [-0.1, -0.05) is 98.6 Å². The van der Waals surface area contributed by atoms with Gasteiger partial charge in [0.15, 0.2) is 0 Å². The van der Waals surface area contributed by atoms with E-state index in [1.54, 1.807) is 0 Å². The molecule has 0 aromatic heterocycles. The highest BCUT2D eigenvalue weighted by atomic mass is 16.5. The number of hydrogen-bond acceptors (Lipinski definition) is 4. The number of hydrogen-bond donors (Lipinski definition) is 2. The molecule has 37 heavy (non-hydrogen) atoms. The first-order valence-corrected chi connectivity index (χ1v) is 13.3. The van der Waals surface area contributed by atoms with Crippen LogP contribution in [0.1, 0.15) is 54.5 Å². The zero-order valence-electron chi connectivity index (χ0n) is 21.7. The first kappa shape index (κ1) is 26.3. The summed E-state index contributed by atoms with van der Waals surface area (Å²) in [5, 5.41) is 3.76. The van der Waals surface area contributed by atoms with Crippen LogP contribution >= 0.6 is 0 Å². The molecule has 0 aliphatic heterocycles. The van der Waals surface area contributed by atoms with Gasteiger partial charge in [0.1, 0.15) is 24.7 Å². The van der Waals surface area contributed by atoms with E-state index in [9.17, 15) is 0 Å². The standard InChI is InChI=1S/C33H38N2O2/c1-2-3-14-32(29-17-20-33(31(34)23-29)37-25-28-12-8-5-9-13-28)35-22-21-26-15-18-30(19-16-26)36-24-27-10-6-4-7-11-27/h4-13,15-20,23,32,35H,2-3,14,21-22,24-25,34H2,1H3. The number of nitrogen functional groups attached to an aromatic ring is 1. The van der Waals surface area contributed by atoms with Gasteiger partial charge < -0.3 is 20.5 Å². The monoisotopic (exact) mass is 494 g/mol. The number of rotatable bonds is 14. The van der Waals surface area contributed by atoms with E-state index in [0.717, 1.165) is 49.3 Å². The molecule has 4 aromatic carbocycles. The molecule has 4 heteroatoms. The van der Waals surface area contributed by atoms with E-state index in [1.165, 1.54) is 16.7 Å². The highest BCUT2D eigenvalue weighted by Gasteiger charge is 2.13. The third-order valence-corrected chi connectivity index (χ3v) is 6.50. The zero-order chi connectivity index (χ0) is 25.7. The minimum atomic E-state index is 0.263. The maximum atomic E-state index is 6.38. The van der Waals surface area contributed by atoms with E-state index in [1.807, 2.05) is 42.5 Å². The predicted octanol–water partition coefficient (Wildman–Crippen LogP) is 7.49. The molecule has 4 rings (SSSR count). The molecule has 0 radical (unpaired) electrons. The van der Waals surface area contributed by atoms with Gasteiger partial charge in [-0.3, -0.25) is 0 Å². The zero-order valence-corrected chi connectivity index (χ0v) is 21.7. The summed E-state index contributed by atoms with van der Waals surface area (Å²) >= 11 is 0. The molecule has 4 aromatic rings. The van der Waals surface area contributed by atoms with Crippen LogP contribution in [0.25, 0.3) is 0 Å². The van der Waals surface area contributed by atoms with Crippen molar-refractivity contribution in [2.45, 2.75) is 51.9 Å². The Morgan fingerprint density at radius 3 is 2.00 bits per heavy atom. The third kappa shape index (κ3) is 8.40. The molecule has 0 spiro atoms. The molecular formula is C33H38N2O2. The van der Waals surface area contributed by atoms with Crippen molar-refractivity contribution in [1.82, 2.24) is 5.32 Å². The van der Waals surface area contributed by atoms with Crippen LogP contribution in [0.3, 0.4) is 0 Å². The molecule has 0 saturated carbocycles. The maximum absolute atomic E-state index is 6.38. The smallest absolute Gasteiger partial charge is 0.142 e. The van der Waals surface area contributed by atoms with Crippen molar-refractivity contribution in [3.8, 4) is 11.5 Å². The Hall–Kier alpha value is -3.76. The van der Waals surface area contributed by atoms with Crippen molar-refractivity contribution < 1.29 is 9.47 Å². The Balaban J connectivity index is 1.29. The molecule has 0 heterocycles. The van der Waals surface area contributed by atoms with Crippen LogP contribution in [-0.2, 0) is 19.6 Å². The summed E-state index contributed by atoms with van der Waals surface area (Å²) < 4.78 is 11.9. The Bertz CT molecular complexity index is 1190.